The molecular weight excluding hydrogens is 316 g/mol. The van der Waals surface area contributed by atoms with E-state index >= 15 is 0 Å². The second-order valence-electron chi connectivity index (χ2n) is 4.77. The van der Waals surface area contributed by atoms with E-state index in [1.165, 1.54) is 0 Å². The van der Waals surface area contributed by atoms with Gasteiger partial charge in [0.1, 0.15) is 0 Å². The van der Waals surface area contributed by atoms with E-state index in [1.54, 1.807) is 30.3 Å². The van der Waals surface area contributed by atoms with E-state index in [0.717, 1.165) is 5.39 Å². The summed E-state index contributed by atoms with van der Waals surface area (Å²) in [6.07, 6.45) is 0. The third-order valence-corrected chi connectivity index (χ3v) is 3.43. The van der Waals surface area contributed by atoms with Crippen LogP contribution in [0.15, 0.2) is 57.9 Å². The van der Waals surface area contributed by atoms with E-state index in [-0.39, 0.29) is 5.84 Å². The van der Waals surface area contributed by atoms with Crippen molar-refractivity contribution >= 4 is 34.1 Å². The average molecular weight is 331 g/mol. The highest BCUT2D eigenvalue weighted by molar-refractivity contribution is 6.30. The number of amidine groups is 1. The summed E-state index contributed by atoms with van der Waals surface area (Å²) in [7, 11) is 0. The van der Waals surface area contributed by atoms with Crippen LogP contribution in [0.2, 0.25) is 5.02 Å². The lowest BCUT2D eigenvalue weighted by atomic mass is 10.2. The van der Waals surface area contributed by atoms with Crippen LogP contribution in [0.1, 0.15) is 12.7 Å². The SMILES string of the molecule is CCOc1cccc2cc(C(=Nc3cccc(Cl)c3)NO)oc12. The maximum absolute atomic E-state index is 9.40. The Bertz CT molecular complexity index is 858. The summed E-state index contributed by atoms with van der Waals surface area (Å²) in [6.45, 7) is 2.45. The maximum Gasteiger partial charge on any atom is 0.193 e. The fraction of sp³-hybridized carbons (Fsp3) is 0.118. The Balaban J connectivity index is 2.05. The first kappa shape index (κ1) is 15.4. The van der Waals surface area contributed by atoms with Crippen LogP contribution in [0.3, 0.4) is 0 Å². The van der Waals surface area contributed by atoms with Crippen molar-refractivity contribution in [2.45, 2.75) is 6.92 Å². The van der Waals surface area contributed by atoms with E-state index in [9.17, 15) is 5.21 Å². The number of halogens is 1. The topological polar surface area (TPSA) is 67.0 Å². The Labute approximate surface area is 138 Å². The minimum Gasteiger partial charge on any atom is -0.490 e. The van der Waals surface area contributed by atoms with Crippen molar-refractivity contribution in [1.82, 2.24) is 5.48 Å². The van der Waals surface area contributed by atoms with Crippen LogP contribution in [-0.2, 0) is 0 Å². The first-order chi connectivity index (χ1) is 11.2. The van der Waals surface area contributed by atoms with Gasteiger partial charge in [0.15, 0.2) is 22.9 Å². The monoisotopic (exact) mass is 330 g/mol. The quantitative estimate of drug-likeness (QED) is 0.418. The molecule has 3 aromatic rings. The van der Waals surface area contributed by atoms with Gasteiger partial charge in [-0.25, -0.2) is 10.5 Å². The number of hydrogen-bond donors (Lipinski definition) is 2. The third-order valence-electron chi connectivity index (χ3n) is 3.20. The van der Waals surface area contributed by atoms with E-state index < -0.39 is 0 Å². The second-order valence-corrected chi connectivity index (χ2v) is 5.21. The van der Waals surface area contributed by atoms with Crippen molar-refractivity contribution in [1.29, 1.82) is 0 Å². The molecule has 0 amide bonds. The molecule has 118 valence electrons. The van der Waals surface area contributed by atoms with Gasteiger partial charge in [-0.15, -0.1) is 0 Å². The van der Waals surface area contributed by atoms with Crippen LogP contribution in [0.5, 0.6) is 5.75 Å². The van der Waals surface area contributed by atoms with Gasteiger partial charge >= 0.3 is 0 Å². The van der Waals surface area contributed by atoms with Crippen LogP contribution >= 0.6 is 11.6 Å². The lowest BCUT2D eigenvalue weighted by molar-refractivity contribution is 0.233. The molecule has 0 fully saturated rings. The summed E-state index contributed by atoms with van der Waals surface area (Å²) in [5, 5.41) is 10.8. The molecule has 2 aromatic carbocycles. The van der Waals surface area contributed by atoms with Crippen LogP contribution in [0, 0.1) is 0 Å². The number of benzene rings is 2. The highest BCUT2D eigenvalue weighted by Crippen LogP contribution is 2.29. The number of furan rings is 1. The summed E-state index contributed by atoms with van der Waals surface area (Å²) in [5.74, 6) is 1.23. The van der Waals surface area contributed by atoms with Crippen LogP contribution < -0.4 is 10.2 Å². The van der Waals surface area contributed by atoms with E-state index in [0.29, 0.717) is 34.4 Å². The number of nitrogens with one attached hydrogen (secondary N) is 1. The highest BCUT2D eigenvalue weighted by Gasteiger charge is 2.13. The zero-order chi connectivity index (χ0) is 16.2. The largest absolute Gasteiger partial charge is 0.490 e. The number of fused-ring (bicyclic) bond motifs is 1. The fourth-order valence-corrected chi connectivity index (χ4v) is 2.42. The number of para-hydroxylation sites is 1. The molecule has 3 rings (SSSR count). The van der Waals surface area contributed by atoms with Crippen molar-refractivity contribution in [3.63, 3.8) is 0 Å². The second kappa shape index (κ2) is 6.73. The molecule has 23 heavy (non-hydrogen) atoms. The standard InChI is InChI=1S/C17H15ClN2O3/c1-2-22-14-8-3-5-11-9-15(23-16(11)14)17(20-21)19-13-7-4-6-12(18)10-13/h3-10,21H,2H2,1H3,(H,19,20). The van der Waals surface area contributed by atoms with Gasteiger partial charge in [-0.05, 0) is 37.3 Å². The molecule has 2 N–H and O–H groups in total. The summed E-state index contributed by atoms with van der Waals surface area (Å²) in [5.41, 5.74) is 3.28. The highest BCUT2D eigenvalue weighted by atomic mass is 35.5. The van der Waals surface area contributed by atoms with Gasteiger partial charge < -0.3 is 9.15 Å². The minimum atomic E-state index is 0.186. The predicted molar refractivity (Wildman–Crippen MR) is 90.0 cm³/mol. The molecule has 0 aliphatic carbocycles. The molecule has 0 aliphatic rings. The molecular formula is C17H15ClN2O3. The van der Waals surface area contributed by atoms with Crippen LogP contribution in [0.4, 0.5) is 5.69 Å². The van der Waals surface area contributed by atoms with Crippen molar-refractivity contribution in [3.05, 3.63) is 59.3 Å². The third kappa shape index (κ3) is 3.31. The Hall–Kier alpha value is -2.50. The number of nitrogens with zero attached hydrogens (tertiary/aromatic N) is 1. The van der Waals surface area contributed by atoms with Gasteiger partial charge in [0.25, 0.3) is 0 Å². The molecule has 5 nitrogen and oxygen atoms in total. The maximum atomic E-state index is 9.40. The summed E-state index contributed by atoms with van der Waals surface area (Å²) < 4.78 is 11.3. The molecule has 0 saturated heterocycles. The molecule has 0 bridgehead atoms. The number of ether oxygens (including phenoxy) is 1. The number of hydroxylamine groups is 1. The molecule has 0 saturated carbocycles. The van der Waals surface area contributed by atoms with Crippen molar-refractivity contribution in [2.24, 2.45) is 4.99 Å². The number of aliphatic imine (C=N–C) groups is 1. The van der Waals surface area contributed by atoms with Gasteiger partial charge in [0, 0.05) is 10.4 Å². The van der Waals surface area contributed by atoms with E-state index in [2.05, 4.69) is 10.5 Å². The van der Waals surface area contributed by atoms with E-state index in [1.807, 2.05) is 25.1 Å². The van der Waals surface area contributed by atoms with E-state index in [4.69, 9.17) is 20.8 Å². The lowest BCUT2D eigenvalue weighted by Gasteiger charge is -2.03. The van der Waals surface area contributed by atoms with Gasteiger partial charge in [-0.3, -0.25) is 5.21 Å². The van der Waals surface area contributed by atoms with Crippen molar-refractivity contribution < 1.29 is 14.4 Å². The average Bonchev–Trinajstić information content (AvgIpc) is 2.98. The van der Waals surface area contributed by atoms with Crippen molar-refractivity contribution in [2.75, 3.05) is 6.61 Å². The molecule has 6 heteroatoms. The predicted octanol–water partition coefficient (Wildman–Crippen LogP) is 4.54. The summed E-state index contributed by atoms with van der Waals surface area (Å²) >= 11 is 5.95. The lowest BCUT2D eigenvalue weighted by Crippen LogP contribution is -2.19. The number of hydrogen-bond acceptors (Lipinski definition) is 4. The first-order valence-corrected chi connectivity index (χ1v) is 7.49. The Morgan fingerprint density at radius 3 is 2.83 bits per heavy atom. The molecule has 1 heterocycles. The first-order valence-electron chi connectivity index (χ1n) is 7.11. The van der Waals surface area contributed by atoms with Crippen molar-refractivity contribution in [3.8, 4) is 5.75 Å². The molecule has 0 unspecified atom stereocenters. The van der Waals surface area contributed by atoms with Gasteiger partial charge in [-0.1, -0.05) is 29.8 Å². The Morgan fingerprint density at radius 2 is 2.09 bits per heavy atom. The molecule has 1 aromatic heterocycles. The zero-order valence-electron chi connectivity index (χ0n) is 12.4. The normalized spacial score (nSPS) is 11.7. The Morgan fingerprint density at radius 1 is 1.26 bits per heavy atom. The molecule has 0 radical (unpaired) electrons. The zero-order valence-corrected chi connectivity index (χ0v) is 13.2. The summed E-state index contributed by atoms with van der Waals surface area (Å²) in [4.78, 5) is 4.32. The minimum absolute atomic E-state index is 0.186. The Kier molecular flexibility index (Phi) is 4.50. The molecule has 0 aliphatic heterocycles. The number of rotatable bonds is 4. The van der Waals surface area contributed by atoms with Crippen LogP contribution in [0.25, 0.3) is 11.0 Å². The van der Waals surface area contributed by atoms with Gasteiger partial charge in [0.05, 0.1) is 12.3 Å². The summed E-state index contributed by atoms with van der Waals surface area (Å²) in [6, 6.07) is 14.4. The fourth-order valence-electron chi connectivity index (χ4n) is 2.23. The van der Waals surface area contributed by atoms with Gasteiger partial charge in [-0.2, -0.15) is 0 Å². The van der Waals surface area contributed by atoms with Crippen LogP contribution in [-0.4, -0.2) is 17.6 Å². The van der Waals surface area contributed by atoms with Gasteiger partial charge in [0.2, 0.25) is 0 Å². The molecule has 0 spiro atoms. The smallest absolute Gasteiger partial charge is 0.193 e. The molecule has 0 atom stereocenters.